The Hall–Kier alpha value is -3.57. The quantitative estimate of drug-likeness (QED) is 0.308. The number of aliphatic hydroxyl groups is 3. The maximum Gasteiger partial charge on any atom is 0.219 e. The Labute approximate surface area is 233 Å². The highest BCUT2D eigenvalue weighted by molar-refractivity contribution is 6.03. The van der Waals surface area contributed by atoms with Crippen molar-refractivity contribution in [1.29, 1.82) is 0 Å². The van der Waals surface area contributed by atoms with Crippen molar-refractivity contribution in [3.8, 4) is 23.0 Å². The van der Waals surface area contributed by atoms with E-state index >= 15 is 0 Å². The average Bonchev–Trinajstić information content (AvgIpc) is 3.29. The number of rotatable bonds is 12. The van der Waals surface area contributed by atoms with Crippen molar-refractivity contribution in [2.75, 3.05) is 41.2 Å². The van der Waals surface area contributed by atoms with Crippen LogP contribution >= 0.6 is 0 Å². The first-order valence-electron chi connectivity index (χ1n) is 13.0. The van der Waals surface area contributed by atoms with Gasteiger partial charge in [0.15, 0.2) is 28.8 Å². The summed E-state index contributed by atoms with van der Waals surface area (Å²) < 4.78 is 29.1. The van der Waals surface area contributed by atoms with Crippen LogP contribution in [0.5, 0.6) is 23.0 Å². The minimum Gasteiger partial charge on any atom is -0.504 e. The van der Waals surface area contributed by atoms with Crippen LogP contribution in [0.25, 0.3) is 0 Å². The van der Waals surface area contributed by atoms with Gasteiger partial charge in [-0.1, -0.05) is 18.2 Å². The Balaban J connectivity index is 1.77. The molecule has 40 heavy (non-hydrogen) atoms. The van der Waals surface area contributed by atoms with E-state index in [0.717, 1.165) is 5.56 Å². The number of aromatic hydroxyl groups is 1. The number of hydrogen-bond donors (Lipinski definition) is 4. The molecular weight excluding hydrogens is 520 g/mol. The Morgan fingerprint density at radius 3 is 2.40 bits per heavy atom. The molecule has 2 aliphatic rings. The topological polar surface area (TPSA) is 144 Å². The number of carbonyl (C=O) groups is 1. The molecule has 0 radical (unpaired) electrons. The number of aliphatic hydroxyl groups excluding tert-OH is 3. The summed E-state index contributed by atoms with van der Waals surface area (Å²) in [5.41, 5.74) is 0.470. The minimum absolute atomic E-state index is 0.0492. The zero-order valence-electron chi connectivity index (χ0n) is 22.8. The van der Waals surface area contributed by atoms with E-state index in [9.17, 15) is 20.1 Å². The van der Waals surface area contributed by atoms with Crippen molar-refractivity contribution < 1.29 is 48.9 Å². The molecule has 216 valence electrons. The number of methoxy groups -OCH3 is 3. The smallest absolute Gasteiger partial charge is 0.219 e. The van der Waals surface area contributed by atoms with Crippen LogP contribution in [-0.4, -0.2) is 79.6 Å². The number of carbonyl (C=O) groups excluding carboxylic acids is 1. The van der Waals surface area contributed by atoms with Crippen molar-refractivity contribution >= 4 is 5.78 Å². The summed E-state index contributed by atoms with van der Waals surface area (Å²) in [6.07, 6.45) is 3.37. The second kappa shape index (κ2) is 12.7. The maximum atomic E-state index is 12.5. The van der Waals surface area contributed by atoms with Crippen molar-refractivity contribution in [3.05, 3.63) is 71.5 Å². The van der Waals surface area contributed by atoms with E-state index in [4.69, 9.17) is 28.8 Å². The summed E-state index contributed by atoms with van der Waals surface area (Å²) in [5.74, 6) is 0.130. The fraction of sp³-hybridized carbons (Fsp3) is 0.433. The highest BCUT2D eigenvalue weighted by Gasteiger charge is 2.58. The highest BCUT2D eigenvalue weighted by Crippen LogP contribution is 2.56. The molecule has 5 unspecified atom stereocenters. The van der Waals surface area contributed by atoms with E-state index < -0.39 is 36.3 Å². The molecule has 10 nitrogen and oxygen atoms in total. The van der Waals surface area contributed by atoms with Crippen LogP contribution in [0.1, 0.15) is 23.7 Å². The van der Waals surface area contributed by atoms with Crippen molar-refractivity contribution in [3.63, 3.8) is 0 Å². The lowest BCUT2D eigenvalue weighted by molar-refractivity contribution is -0.114. The number of hydrogen-bond acceptors (Lipinski definition) is 10. The molecule has 1 saturated heterocycles. The van der Waals surface area contributed by atoms with E-state index in [1.807, 2.05) is 12.1 Å². The molecule has 1 spiro atoms. The van der Waals surface area contributed by atoms with Crippen LogP contribution in [0.2, 0.25) is 0 Å². The fourth-order valence-corrected chi connectivity index (χ4v) is 5.51. The summed E-state index contributed by atoms with van der Waals surface area (Å²) in [4.78, 5) is 12.5. The third kappa shape index (κ3) is 5.53. The summed E-state index contributed by atoms with van der Waals surface area (Å²) in [7, 11) is 4.34. The molecule has 4 rings (SSSR count). The lowest BCUT2D eigenvalue weighted by Crippen LogP contribution is -2.47. The molecule has 1 fully saturated rings. The Morgan fingerprint density at radius 1 is 0.975 bits per heavy atom. The van der Waals surface area contributed by atoms with Gasteiger partial charge in [0.2, 0.25) is 5.78 Å². The molecule has 10 heteroatoms. The number of aryl methyl sites for hydroxylation is 1. The number of phenolic OH excluding ortho intramolecular Hbond substituents is 1. The van der Waals surface area contributed by atoms with Gasteiger partial charge < -0.3 is 44.1 Å². The van der Waals surface area contributed by atoms with Crippen LogP contribution < -0.4 is 14.2 Å². The second-order valence-corrected chi connectivity index (χ2v) is 9.76. The largest absolute Gasteiger partial charge is 0.504 e. The number of ether oxygens (including phenoxy) is 5. The normalized spacial score (nSPS) is 24.6. The summed E-state index contributed by atoms with van der Waals surface area (Å²) in [6.45, 7) is -0.720. The molecule has 4 N–H and O–H groups in total. The zero-order valence-corrected chi connectivity index (χ0v) is 22.8. The molecule has 0 saturated carbocycles. The van der Waals surface area contributed by atoms with Crippen LogP contribution in [0.4, 0.5) is 0 Å². The molecule has 0 bridgehead atoms. The van der Waals surface area contributed by atoms with E-state index in [0.29, 0.717) is 29.9 Å². The number of ketones is 1. The van der Waals surface area contributed by atoms with Gasteiger partial charge in [-0.25, -0.2) is 0 Å². The van der Waals surface area contributed by atoms with Crippen LogP contribution in [-0.2, 0) is 20.7 Å². The van der Waals surface area contributed by atoms with E-state index in [-0.39, 0.29) is 36.3 Å². The number of benzene rings is 2. The first-order valence-corrected chi connectivity index (χ1v) is 13.0. The van der Waals surface area contributed by atoms with E-state index in [1.165, 1.54) is 33.5 Å². The van der Waals surface area contributed by atoms with Crippen LogP contribution in [0, 0.1) is 11.3 Å². The van der Waals surface area contributed by atoms with Gasteiger partial charge in [0.05, 0.1) is 34.0 Å². The molecule has 1 aliphatic heterocycles. The SMILES string of the molecule is COC1=CC2(C=CC1=O)C(CO)C(c1ccc(O)c(OC)c1)OC2C(CO)Oc1ccc(CCCO)cc1OC. The molecule has 2 aromatic carbocycles. The summed E-state index contributed by atoms with van der Waals surface area (Å²) in [6, 6.07) is 10.2. The monoisotopic (exact) mass is 556 g/mol. The third-order valence-electron chi connectivity index (χ3n) is 7.54. The van der Waals surface area contributed by atoms with E-state index in [2.05, 4.69) is 0 Å². The fourth-order valence-electron chi connectivity index (χ4n) is 5.51. The average molecular weight is 557 g/mol. The first-order chi connectivity index (χ1) is 19.3. The molecule has 5 atom stereocenters. The Bertz CT molecular complexity index is 1260. The standard InChI is InChI=1S/C30H36O10/c1-36-24-14-19(7-8-21(24)34)28-20(16-32)30(11-10-22(35)26(15-30)38-3)29(40-28)27(17-33)39-23-9-6-18(5-4-12-31)13-25(23)37-2/h6-11,13-15,20,27-29,31-34H,4-5,12,16-17H2,1-3H3. The predicted octanol–water partition coefficient (Wildman–Crippen LogP) is 2.48. The van der Waals surface area contributed by atoms with Crippen LogP contribution in [0.3, 0.4) is 0 Å². The van der Waals surface area contributed by atoms with Crippen molar-refractivity contribution in [2.24, 2.45) is 11.3 Å². The first kappa shape index (κ1) is 29.4. The predicted molar refractivity (Wildman–Crippen MR) is 144 cm³/mol. The number of phenols is 1. The van der Waals surface area contributed by atoms with Crippen LogP contribution in [0.15, 0.2) is 60.4 Å². The lowest BCUT2D eigenvalue weighted by atomic mass is 9.67. The zero-order chi connectivity index (χ0) is 28.9. The molecule has 0 amide bonds. The Morgan fingerprint density at radius 2 is 1.75 bits per heavy atom. The van der Waals surface area contributed by atoms with Gasteiger partial charge in [0.1, 0.15) is 12.2 Å². The second-order valence-electron chi connectivity index (χ2n) is 9.76. The van der Waals surface area contributed by atoms with E-state index in [1.54, 1.807) is 30.4 Å². The van der Waals surface area contributed by atoms with Gasteiger partial charge in [-0.3, -0.25) is 4.79 Å². The van der Waals surface area contributed by atoms with Gasteiger partial charge in [-0.05, 0) is 60.4 Å². The summed E-state index contributed by atoms with van der Waals surface area (Å²) >= 11 is 0. The molecule has 1 aliphatic carbocycles. The molecule has 2 aromatic rings. The summed E-state index contributed by atoms with van der Waals surface area (Å²) in [5, 5.41) is 40.5. The van der Waals surface area contributed by atoms with Crippen molar-refractivity contribution in [2.45, 2.75) is 31.2 Å². The molecule has 0 aromatic heterocycles. The van der Waals surface area contributed by atoms with Gasteiger partial charge in [-0.15, -0.1) is 0 Å². The lowest BCUT2D eigenvalue weighted by Gasteiger charge is -2.38. The molecule has 1 heterocycles. The Kier molecular flexibility index (Phi) is 9.36. The third-order valence-corrected chi connectivity index (χ3v) is 7.54. The van der Waals surface area contributed by atoms with Gasteiger partial charge >= 0.3 is 0 Å². The van der Waals surface area contributed by atoms with Gasteiger partial charge in [0.25, 0.3) is 0 Å². The maximum absolute atomic E-state index is 12.5. The molecular formula is C30H36O10. The highest BCUT2D eigenvalue weighted by atomic mass is 16.6. The van der Waals surface area contributed by atoms with Gasteiger partial charge in [-0.2, -0.15) is 0 Å². The van der Waals surface area contributed by atoms with Crippen molar-refractivity contribution in [1.82, 2.24) is 0 Å². The minimum atomic E-state index is -1.11. The van der Waals surface area contributed by atoms with Gasteiger partial charge in [0, 0.05) is 24.5 Å². The number of allylic oxidation sites excluding steroid dienone is 1.